The van der Waals surface area contributed by atoms with Crippen molar-refractivity contribution in [3.63, 3.8) is 0 Å². The van der Waals surface area contributed by atoms with Crippen molar-refractivity contribution in [3.05, 3.63) is 0 Å². The molecule has 3 nitrogen and oxygen atoms in total. The van der Waals surface area contributed by atoms with Gasteiger partial charge in [-0.1, -0.05) is 0 Å². The molecule has 0 aromatic heterocycles. The van der Waals surface area contributed by atoms with Gasteiger partial charge in [-0.3, -0.25) is 0 Å². The van der Waals surface area contributed by atoms with Crippen molar-refractivity contribution >= 4 is 55.1 Å². The summed E-state index contributed by atoms with van der Waals surface area (Å²) in [6.45, 7) is 4.61. The van der Waals surface area contributed by atoms with Gasteiger partial charge in [-0.05, 0) is 0 Å². The SMILES string of the molecule is CCCCC(CC)[CH2][Ba+2].OP(O)O. The zero-order valence-corrected chi connectivity index (χ0v) is 13.9. The first-order valence-electron chi connectivity index (χ1n) is 4.74. The van der Waals surface area contributed by atoms with Crippen LogP contribution in [0.2, 0.25) is 0.889 Å². The molecule has 0 spiro atoms. The summed E-state index contributed by atoms with van der Waals surface area (Å²) >= 11 is 1.04. The Hall–Kier alpha value is 1.88. The summed E-state index contributed by atoms with van der Waals surface area (Å²) in [6.07, 6.45) is 5.75. The molecule has 0 aliphatic heterocycles. The maximum atomic E-state index is 7.23. The summed E-state index contributed by atoms with van der Waals surface area (Å²) < 4.78 is 1.57. The van der Waals surface area contributed by atoms with Crippen molar-refractivity contribution in [2.75, 3.05) is 0 Å². The molecule has 0 rings (SSSR count). The van der Waals surface area contributed by atoms with Crippen molar-refractivity contribution in [2.24, 2.45) is 5.92 Å². The quantitative estimate of drug-likeness (QED) is 0.533. The summed E-state index contributed by atoms with van der Waals surface area (Å²) in [5, 5.41) is 0. The predicted molar refractivity (Wildman–Crippen MR) is 57.4 cm³/mol. The summed E-state index contributed by atoms with van der Waals surface area (Å²) in [6, 6.07) is 0. The van der Waals surface area contributed by atoms with Crippen LogP contribution >= 0.6 is 8.60 Å². The van der Waals surface area contributed by atoms with Gasteiger partial charge in [0, 0.05) is 0 Å². The normalized spacial score (nSPS) is 12.2. The minimum Gasteiger partial charge on any atom is -0.328 e. The molecule has 1 unspecified atom stereocenters. The smallest absolute Gasteiger partial charge is 0.324 e. The van der Waals surface area contributed by atoms with E-state index in [1.165, 1.54) is 25.7 Å². The molecule has 75 valence electrons. The second-order valence-electron chi connectivity index (χ2n) is 2.97. The van der Waals surface area contributed by atoms with Crippen LogP contribution in [0.5, 0.6) is 0 Å². The van der Waals surface area contributed by atoms with Crippen molar-refractivity contribution in [1.82, 2.24) is 0 Å². The van der Waals surface area contributed by atoms with E-state index in [0.717, 1.165) is 52.5 Å². The van der Waals surface area contributed by atoms with Crippen LogP contribution in [0, 0.1) is 5.92 Å². The van der Waals surface area contributed by atoms with Gasteiger partial charge in [-0.25, -0.2) is 0 Å². The molecular formula is C8H20BaO3P+2. The van der Waals surface area contributed by atoms with Crippen molar-refractivity contribution in [3.8, 4) is 0 Å². The van der Waals surface area contributed by atoms with Gasteiger partial charge in [0.15, 0.2) is 0 Å². The van der Waals surface area contributed by atoms with Crippen LogP contribution in [0.3, 0.4) is 0 Å². The van der Waals surface area contributed by atoms with Gasteiger partial charge < -0.3 is 14.7 Å². The Morgan fingerprint density at radius 1 is 1.23 bits per heavy atom. The molecule has 0 amide bonds. The summed E-state index contributed by atoms with van der Waals surface area (Å²) in [7, 11) is -2.62. The van der Waals surface area contributed by atoms with Crippen LogP contribution in [-0.4, -0.2) is 61.2 Å². The first-order valence-corrected chi connectivity index (χ1v) is 9.08. The van der Waals surface area contributed by atoms with Gasteiger partial charge >= 0.3 is 101 Å². The van der Waals surface area contributed by atoms with Gasteiger partial charge in [0.05, 0.1) is 0 Å². The molecule has 13 heavy (non-hydrogen) atoms. The van der Waals surface area contributed by atoms with Gasteiger partial charge in [-0.15, -0.1) is 0 Å². The molecule has 1 atom stereocenters. The number of rotatable bonds is 5. The molecule has 0 aliphatic rings. The number of hydrogen-bond acceptors (Lipinski definition) is 3. The van der Waals surface area contributed by atoms with E-state index in [9.17, 15) is 0 Å². The average Bonchev–Trinajstić information content (AvgIpc) is 2.06. The fraction of sp³-hybridized carbons (Fsp3) is 1.00. The van der Waals surface area contributed by atoms with E-state index in [-0.39, 0.29) is 0 Å². The molecule has 3 N–H and O–H groups in total. The van der Waals surface area contributed by atoms with Crippen LogP contribution in [-0.2, 0) is 0 Å². The molecule has 0 heterocycles. The molecule has 0 aromatic rings. The van der Waals surface area contributed by atoms with Crippen LogP contribution in [0.15, 0.2) is 0 Å². The van der Waals surface area contributed by atoms with Crippen LogP contribution < -0.4 is 0 Å². The van der Waals surface area contributed by atoms with E-state index in [0.29, 0.717) is 0 Å². The molecule has 0 aliphatic carbocycles. The minimum atomic E-state index is -2.62. The summed E-state index contributed by atoms with van der Waals surface area (Å²) in [4.78, 5) is 21.7. The molecule has 0 fully saturated rings. The molecule has 7 radical (unpaired) electrons. The van der Waals surface area contributed by atoms with Crippen LogP contribution in [0.1, 0.15) is 39.5 Å². The monoisotopic (exact) mass is 333 g/mol. The Labute approximate surface area is 115 Å². The number of hydrogen-bond donors (Lipinski definition) is 3. The Balaban J connectivity index is 0. The van der Waals surface area contributed by atoms with E-state index in [4.69, 9.17) is 14.7 Å². The third-order valence-corrected chi connectivity index (χ3v) is 4.52. The first-order chi connectivity index (χ1) is 6.08. The van der Waals surface area contributed by atoms with E-state index in [1.54, 1.807) is 0.889 Å². The van der Waals surface area contributed by atoms with Gasteiger partial charge in [0.2, 0.25) is 0 Å². The maximum Gasteiger partial charge on any atom is 0.324 e. The second-order valence-corrected chi connectivity index (χ2v) is 5.32. The Morgan fingerprint density at radius 3 is 1.92 bits per heavy atom. The third kappa shape index (κ3) is 20.1. The molecule has 5 heteroatoms. The zero-order chi connectivity index (χ0) is 10.7. The van der Waals surface area contributed by atoms with Gasteiger partial charge in [0.25, 0.3) is 0 Å². The topological polar surface area (TPSA) is 60.7 Å². The molecular weight excluding hydrogens is 312 g/mol. The number of unbranched alkanes of at least 4 members (excludes halogenated alkanes) is 1. The van der Waals surface area contributed by atoms with Gasteiger partial charge in [0.1, 0.15) is 0 Å². The van der Waals surface area contributed by atoms with Gasteiger partial charge in [-0.2, -0.15) is 0 Å². The minimum absolute atomic E-state index is 1.04. The average molecular weight is 333 g/mol. The van der Waals surface area contributed by atoms with Crippen LogP contribution in [0.25, 0.3) is 0 Å². The Bertz CT molecular complexity index is 86.7. The van der Waals surface area contributed by atoms with Crippen molar-refractivity contribution in [2.45, 2.75) is 40.4 Å². The fourth-order valence-electron chi connectivity index (χ4n) is 1.05. The van der Waals surface area contributed by atoms with Crippen molar-refractivity contribution in [1.29, 1.82) is 0 Å². The predicted octanol–water partition coefficient (Wildman–Crippen LogP) is 1.98. The summed E-state index contributed by atoms with van der Waals surface area (Å²) in [5.41, 5.74) is 0. The second kappa shape index (κ2) is 13.9. The zero-order valence-electron chi connectivity index (χ0n) is 8.61. The van der Waals surface area contributed by atoms with E-state index < -0.39 is 8.60 Å². The van der Waals surface area contributed by atoms with Crippen molar-refractivity contribution < 1.29 is 14.7 Å². The molecule has 0 bridgehead atoms. The van der Waals surface area contributed by atoms with E-state index in [1.807, 2.05) is 0 Å². The first kappa shape index (κ1) is 17.3. The third-order valence-electron chi connectivity index (χ3n) is 1.95. The fourth-order valence-corrected chi connectivity index (χ4v) is 3.23. The van der Waals surface area contributed by atoms with E-state index >= 15 is 0 Å². The Kier molecular flexibility index (Phi) is 18.5. The van der Waals surface area contributed by atoms with Crippen LogP contribution in [0.4, 0.5) is 0 Å². The standard InChI is InChI=1S/C8H17.Ba.H3O3P/c1-4-6-7-8(3)5-2;;1-4(2)3/h8H,3-7H2,1-2H3;;1-3H/q;+2;. The van der Waals surface area contributed by atoms with E-state index in [2.05, 4.69) is 13.8 Å². The Morgan fingerprint density at radius 2 is 1.69 bits per heavy atom. The largest absolute Gasteiger partial charge is 0.328 e. The molecule has 0 saturated carbocycles. The molecule has 0 aromatic carbocycles. The maximum absolute atomic E-state index is 7.23. The molecule has 0 saturated heterocycles. The summed E-state index contributed by atoms with van der Waals surface area (Å²) in [5.74, 6) is 1.09.